The van der Waals surface area contributed by atoms with E-state index in [0.717, 1.165) is 58.0 Å². The third kappa shape index (κ3) is 7.78. The minimum Gasteiger partial charge on any atom is -0.491 e. The van der Waals surface area contributed by atoms with Crippen molar-refractivity contribution in [2.45, 2.75) is 26.0 Å². The van der Waals surface area contributed by atoms with Crippen molar-refractivity contribution in [2.24, 2.45) is 0 Å². The molecule has 0 amide bonds. The van der Waals surface area contributed by atoms with E-state index >= 15 is 0 Å². The van der Waals surface area contributed by atoms with Crippen molar-refractivity contribution in [1.29, 1.82) is 0 Å². The number of aliphatic hydroxyl groups is 1. The van der Waals surface area contributed by atoms with E-state index in [9.17, 15) is 5.11 Å². The molecule has 0 bridgehead atoms. The smallest absolute Gasteiger partial charge is 0.119 e. The molecule has 2 N–H and O–H groups in total. The van der Waals surface area contributed by atoms with Crippen LogP contribution in [0.5, 0.6) is 5.75 Å². The van der Waals surface area contributed by atoms with Gasteiger partial charge >= 0.3 is 0 Å². The van der Waals surface area contributed by atoms with Gasteiger partial charge in [-0.1, -0.05) is 49.4 Å². The summed E-state index contributed by atoms with van der Waals surface area (Å²) in [4.78, 5) is 4.77. The topological polar surface area (TPSA) is 48.0 Å². The van der Waals surface area contributed by atoms with E-state index < -0.39 is 6.10 Å². The van der Waals surface area contributed by atoms with Crippen LogP contribution in [0.2, 0.25) is 0 Å². The molecule has 1 aliphatic rings. The Balaban J connectivity index is 1.34. The van der Waals surface area contributed by atoms with Crippen molar-refractivity contribution in [3.63, 3.8) is 0 Å². The molecule has 1 heterocycles. The number of benzene rings is 2. The molecule has 1 atom stereocenters. The molecule has 2 aromatic carbocycles. The second-order valence-corrected chi connectivity index (χ2v) is 7.76. The van der Waals surface area contributed by atoms with Gasteiger partial charge in [0.15, 0.2) is 0 Å². The number of nitrogens with one attached hydrogen (secondary N) is 1. The van der Waals surface area contributed by atoms with Gasteiger partial charge in [0.1, 0.15) is 18.5 Å². The van der Waals surface area contributed by atoms with Crippen LogP contribution < -0.4 is 10.1 Å². The van der Waals surface area contributed by atoms with Crippen molar-refractivity contribution >= 4 is 0 Å². The zero-order valence-electron chi connectivity index (χ0n) is 17.6. The summed E-state index contributed by atoms with van der Waals surface area (Å²) in [6, 6.07) is 18.7. The Labute approximate surface area is 175 Å². The Morgan fingerprint density at radius 3 is 2.45 bits per heavy atom. The molecule has 1 aliphatic heterocycles. The number of piperazine rings is 1. The summed E-state index contributed by atoms with van der Waals surface area (Å²) in [5, 5.41) is 13.8. The van der Waals surface area contributed by atoms with Gasteiger partial charge in [0, 0.05) is 39.3 Å². The first-order valence-corrected chi connectivity index (χ1v) is 10.8. The molecule has 1 fully saturated rings. The minimum atomic E-state index is -0.462. The van der Waals surface area contributed by atoms with E-state index in [4.69, 9.17) is 4.74 Å². The van der Waals surface area contributed by atoms with E-state index in [1.165, 1.54) is 11.1 Å². The molecule has 158 valence electrons. The number of aliphatic hydroxyl groups excluding tert-OH is 1. The molecule has 1 saturated heterocycles. The Bertz CT molecular complexity index is 702. The van der Waals surface area contributed by atoms with Gasteiger partial charge in [-0.25, -0.2) is 0 Å². The SMILES string of the molecule is CCN1CCN(C[C@H](O)COc2cccc(CNCCc3ccccc3)c2)CC1. The molecule has 0 saturated carbocycles. The second kappa shape index (κ2) is 11.9. The summed E-state index contributed by atoms with van der Waals surface area (Å²) < 4.78 is 5.85. The quantitative estimate of drug-likeness (QED) is 0.570. The van der Waals surface area contributed by atoms with Crippen molar-refractivity contribution in [3.05, 3.63) is 65.7 Å². The van der Waals surface area contributed by atoms with Crippen LogP contribution in [0.4, 0.5) is 0 Å². The van der Waals surface area contributed by atoms with Crippen LogP contribution >= 0.6 is 0 Å². The Kier molecular flexibility index (Phi) is 8.96. The molecule has 2 aromatic rings. The Morgan fingerprint density at radius 1 is 0.966 bits per heavy atom. The Hall–Kier alpha value is -1.92. The largest absolute Gasteiger partial charge is 0.491 e. The van der Waals surface area contributed by atoms with Crippen LogP contribution in [0.3, 0.4) is 0 Å². The van der Waals surface area contributed by atoms with Gasteiger partial charge in [0.25, 0.3) is 0 Å². The fraction of sp³-hybridized carbons (Fsp3) is 0.500. The average molecular weight is 398 g/mol. The fourth-order valence-electron chi connectivity index (χ4n) is 3.69. The second-order valence-electron chi connectivity index (χ2n) is 7.76. The van der Waals surface area contributed by atoms with E-state index in [-0.39, 0.29) is 0 Å². The number of β-amino-alcohol motifs (C(OH)–C–C–N with tert-alkyl or cyclic N) is 1. The molecule has 0 aromatic heterocycles. The summed E-state index contributed by atoms with van der Waals surface area (Å²) >= 11 is 0. The van der Waals surface area contributed by atoms with Crippen molar-refractivity contribution in [3.8, 4) is 5.75 Å². The normalized spacial score (nSPS) is 16.6. The molecule has 5 heteroatoms. The molecule has 29 heavy (non-hydrogen) atoms. The third-order valence-corrected chi connectivity index (χ3v) is 5.48. The maximum atomic E-state index is 10.3. The van der Waals surface area contributed by atoms with Gasteiger partial charge in [-0.2, -0.15) is 0 Å². The molecule has 0 unspecified atom stereocenters. The molecule has 3 rings (SSSR count). The number of hydrogen-bond donors (Lipinski definition) is 2. The van der Waals surface area contributed by atoms with E-state index in [0.29, 0.717) is 13.2 Å². The van der Waals surface area contributed by atoms with Crippen LogP contribution in [-0.2, 0) is 13.0 Å². The first-order valence-electron chi connectivity index (χ1n) is 10.8. The average Bonchev–Trinajstić information content (AvgIpc) is 2.77. The number of rotatable bonds is 11. The zero-order valence-corrected chi connectivity index (χ0v) is 17.6. The third-order valence-electron chi connectivity index (χ3n) is 5.48. The molecular weight excluding hydrogens is 362 g/mol. The van der Waals surface area contributed by atoms with Gasteiger partial charge in [-0.15, -0.1) is 0 Å². The maximum Gasteiger partial charge on any atom is 0.119 e. The molecule has 5 nitrogen and oxygen atoms in total. The van der Waals surface area contributed by atoms with Gasteiger partial charge in [-0.3, -0.25) is 4.90 Å². The predicted molar refractivity (Wildman–Crippen MR) is 118 cm³/mol. The van der Waals surface area contributed by atoms with Crippen molar-refractivity contribution in [2.75, 3.05) is 52.4 Å². The summed E-state index contributed by atoms with van der Waals surface area (Å²) in [7, 11) is 0. The predicted octanol–water partition coefficient (Wildman–Crippen LogP) is 2.40. The highest BCUT2D eigenvalue weighted by molar-refractivity contribution is 5.28. The van der Waals surface area contributed by atoms with E-state index in [2.05, 4.69) is 58.4 Å². The summed E-state index contributed by atoms with van der Waals surface area (Å²) in [5.41, 5.74) is 2.54. The molecular formula is C24H35N3O2. The van der Waals surface area contributed by atoms with Crippen LogP contribution in [0, 0.1) is 0 Å². The van der Waals surface area contributed by atoms with Crippen molar-refractivity contribution in [1.82, 2.24) is 15.1 Å². The lowest BCUT2D eigenvalue weighted by Gasteiger charge is -2.34. The minimum absolute atomic E-state index is 0.332. The highest BCUT2D eigenvalue weighted by Crippen LogP contribution is 2.14. The standard InChI is InChI=1S/C24H35N3O2/c1-2-26-13-15-27(16-14-26)19-23(28)20-29-24-10-6-9-22(17-24)18-25-12-11-21-7-4-3-5-8-21/h3-10,17,23,25,28H,2,11-16,18-20H2,1H3/t23-/m0/s1. The number of likely N-dealkylation sites (N-methyl/N-ethyl adjacent to an activating group) is 1. The highest BCUT2D eigenvalue weighted by atomic mass is 16.5. The lowest BCUT2D eigenvalue weighted by molar-refractivity contribution is 0.0471. The zero-order chi connectivity index (χ0) is 20.3. The highest BCUT2D eigenvalue weighted by Gasteiger charge is 2.18. The molecule has 0 spiro atoms. The lowest BCUT2D eigenvalue weighted by atomic mass is 10.1. The monoisotopic (exact) mass is 397 g/mol. The van der Waals surface area contributed by atoms with E-state index in [1.54, 1.807) is 0 Å². The van der Waals surface area contributed by atoms with Crippen LogP contribution in [0.25, 0.3) is 0 Å². The maximum absolute atomic E-state index is 10.3. The molecule has 0 radical (unpaired) electrons. The van der Waals surface area contributed by atoms with Gasteiger partial charge in [0.05, 0.1) is 0 Å². The van der Waals surface area contributed by atoms with Gasteiger partial charge in [0.2, 0.25) is 0 Å². The molecule has 0 aliphatic carbocycles. The lowest BCUT2D eigenvalue weighted by Crippen LogP contribution is -2.49. The van der Waals surface area contributed by atoms with Gasteiger partial charge < -0.3 is 20.1 Å². The fourth-order valence-corrected chi connectivity index (χ4v) is 3.69. The van der Waals surface area contributed by atoms with Crippen LogP contribution in [0.15, 0.2) is 54.6 Å². The van der Waals surface area contributed by atoms with Crippen LogP contribution in [-0.4, -0.2) is 73.4 Å². The summed E-state index contributed by atoms with van der Waals surface area (Å²) in [6.07, 6.45) is 0.561. The Morgan fingerprint density at radius 2 is 1.69 bits per heavy atom. The first kappa shape index (κ1) is 21.8. The van der Waals surface area contributed by atoms with Crippen molar-refractivity contribution < 1.29 is 9.84 Å². The number of ether oxygens (including phenoxy) is 1. The van der Waals surface area contributed by atoms with Crippen LogP contribution in [0.1, 0.15) is 18.1 Å². The summed E-state index contributed by atoms with van der Waals surface area (Å²) in [5.74, 6) is 0.821. The first-order chi connectivity index (χ1) is 14.2. The van der Waals surface area contributed by atoms with E-state index in [1.807, 2.05) is 18.2 Å². The van der Waals surface area contributed by atoms with Gasteiger partial charge in [-0.05, 0) is 42.8 Å². The number of nitrogens with zero attached hydrogens (tertiary/aromatic N) is 2. The summed E-state index contributed by atoms with van der Waals surface area (Å²) in [6.45, 7) is 10.3. The number of hydrogen-bond acceptors (Lipinski definition) is 5.